The smallest absolute Gasteiger partial charge is 0.291 e. The average molecular weight is 479 g/mol. The Bertz CT molecular complexity index is 1190. The number of rotatable bonds is 8. The maximum atomic E-state index is 13.0. The number of anilines is 1. The van der Waals surface area contributed by atoms with E-state index in [1.54, 1.807) is 62.4 Å². The molecule has 182 valence electrons. The summed E-state index contributed by atoms with van der Waals surface area (Å²) in [5.41, 5.74) is 5.42. The summed E-state index contributed by atoms with van der Waals surface area (Å²) in [6.45, 7) is 3.50. The van der Waals surface area contributed by atoms with Crippen molar-refractivity contribution in [1.29, 1.82) is 0 Å². The Morgan fingerprint density at radius 3 is 2.17 bits per heavy atom. The Hall–Kier alpha value is -4.60. The Kier molecular flexibility index (Phi) is 8.23. The molecule has 0 radical (unpaired) electrons. The van der Waals surface area contributed by atoms with Gasteiger partial charge in [0, 0.05) is 5.56 Å². The van der Waals surface area contributed by atoms with Crippen molar-refractivity contribution in [1.82, 2.24) is 16.2 Å². The standard InChI is InChI=1S/C25H26N4O6/c1-15(2)21(25(33)29-28-22(30)16-10-12-17(34-3)13-11-16)27-23(31)18-7-4-5-8-19(18)26-24(32)20-9-6-14-35-20/h4-15,21H,1-3H3,(H,26,32)(H,27,31)(H,28,30)(H,29,33)/t21-/m0/s1. The van der Waals surface area contributed by atoms with Gasteiger partial charge in [0.05, 0.1) is 24.6 Å². The van der Waals surface area contributed by atoms with Crippen LogP contribution < -0.4 is 26.2 Å². The SMILES string of the molecule is COc1ccc(C(=O)NNC(=O)[C@@H](NC(=O)c2ccccc2NC(=O)c2ccco2)C(C)C)cc1. The van der Waals surface area contributed by atoms with Gasteiger partial charge in [0.25, 0.3) is 23.6 Å². The van der Waals surface area contributed by atoms with Gasteiger partial charge < -0.3 is 19.8 Å². The second-order valence-corrected chi connectivity index (χ2v) is 7.84. The highest BCUT2D eigenvalue weighted by Gasteiger charge is 2.26. The van der Waals surface area contributed by atoms with Gasteiger partial charge in [0.1, 0.15) is 11.8 Å². The van der Waals surface area contributed by atoms with Crippen LogP contribution in [0.25, 0.3) is 0 Å². The second-order valence-electron chi connectivity index (χ2n) is 7.84. The van der Waals surface area contributed by atoms with Gasteiger partial charge in [0.15, 0.2) is 5.76 Å². The minimum absolute atomic E-state index is 0.0900. The molecule has 3 rings (SSSR count). The largest absolute Gasteiger partial charge is 0.497 e. The quantitative estimate of drug-likeness (QED) is 0.367. The normalized spacial score (nSPS) is 11.3. The molecule has 0 spiro atoms. The van der Waals surface area contributed by atoms with Gasteiger partial charge in [-0.2, -0.15) is 0 Å². The van der Waals surface area contributed by atoms with Crippen LogP contribution in [0.2, 0.25) is 0 Å². The number of hydrazine groups is 1. The van der Waals surface area contributed by atoms with Crippen LogP contribution in [-0.4, -0.2) is 36.8 Å². The number of carbonyl (C=O) groups is 4. The van der Waals surface area contributed by atoms with Crippen molar-refractivity contribution in [3.8, 4) is 5.75 Å². The van der Waals surface area contributed by atoms with Gasteiger partial charge in [-0.15, -0.1) is 0 Å². The monoisotopic (exact) mass is 478 g/mol. The van der Waals surface area contributed by atoms with Gasteiger partial charge in [-0.05, 0) is 54.4 Å². The lowest BCUT2D eigenvalue weighted by Gasteiger charge is -2.22. The number of nitrogens with one attached hydrogen (secondary N) is 4. The van der Waals surface area contributed by atoms with Crippen molar-refractivity contribution in [3.05, 3.63) is 83.8 Å². The van der Waals surface area contributed by atoms with Crippen LogP contribution in [0.3, 0.4) is 0 Å². The molecule has 0 saturated heterocycles. The lowest BCUT2D eigenvalue weighted by molar-refractivity contribution is -0.124. The lowest BCUT2D eigenvalue weighted by Crippen LogP contribution is -2.54. The fraction of sp³-hybridized carbons (Fsp3) is 0.200. The molecule has 10 nitrogen and oxygen atoms in total. The summed E-state index contributed by atoms with van der Waals surface area (Å²) in [6, 6.07) is 14.8. The third-order valence-corrected chi connectivity index (χ3v) is 5.05. The molecule has 0 saturated carbocycles. The van der Waals surface area contributed by atoms with Gasteiger partial charge in [0.2, 0.25) is 0 Å². The van der Waals surface area contributed by atoms with Crippen LogP contribution in [-0.2, 0) is 4.79 Å². The zero-order valence-corrected chi connectivity index (χ0v) is 19.5. The number of hydrogen-bond acceptors (Lipinski definition) is 6. The predicted molar refractivity (Wildman–Crippen MR) is 128 cm³/mol. The first-order chi connectivity index (χ1) is 16.8. The molecule has 0 fully saturated rings. The van der Waals surface area contributed by atoms with Crippen molar-refractivity contribution in [2.75, 3.05) is 12.4 Å². The summed E-state index contributed by atoms with van der Waals surface area (Å²) in [5, 5.41) is 5.30. The molecule has 4 amide bonds. The first kappa shape index (κ1) is 25.0. The molecule has 0 unspecified atom stereocenters. The summed E-state index contributed by atoms with van der Waals surface area (Å²) in [6.07, 6.45) is 1.37. The van der Waals surface area contributed by atoms with Gasteiger partial charge >= 0.3 is 0 Å². The van der Waals surface area contributed by atoms with Crippen molar-refractivity contribution in [2.24, 2.45) is 5.92 Å². The Labute approximate surface area is 202 Å². The van der Waals surface area contributed by atoms with Crippen molar-refractivity contribution >= 4 is 29.3 Å². The van der Waals surface area contributed by atoms with Crippen LogP contribution in [0.4, 0.5) is 5.69 Å². The highest BCUT2D eigenvalue weighted by atomic mass is 16.5. The summed E-state index contributed by atoms with van der Waals surface area (Å²) in [5.74, 6) is -1.85. The van der Waals surface area contributed by atoms with E-state index in [2.05, 4.69) is 21.5 Å². The summed E-state index contributed by atoms with van der Waals surface area (Å²) in [7, 11) is 1.51. The second kappa shape index (κ2) is 11.5. The Morgan fingerprint density at radius 1 is 0.829 bits per heavy atom. The van der Waals surface area contributed by atoms with Crippen molar-refractivity contribution in [3.63, 3.8) is 0 Å². The highest BCUT2D eigenvalue weighted by Crippen LogP contribution is 2.17. The fourth-order valence-corrected chi connectivity index (χ4v) is 3.15. The molecule has 0 aliphatic carbocycles. The van der Waals surface area contributed by atoms with Crippen LogP contribution in [0, 0.1) is 5.92 Å². The van der Waals surface area contributed by atoms with E-state index in [4.69, 9.17) is 9.15 Å². The molecule has 0 aliphatic rings. The van der Waals surface area contributed by atoms with Crippen LogP contribution >= 0.6 is 0 Å². The maximum Gasteiger partial charge on any atom is 0.291 e. The number of amides is 4. The van der Waals surface area contributed by atoms with Gasteiger partial charge in [-0.1, -0.05) is 26.0 Å². The summed E-state index contributed by atoms with van der Waals surface area (Å²) < 4.78 is 10.1. The summed E-state index contributed by atoms with van der Waals surface area (Å²) >= 11 is 0. The number of furan rings is 1. The van der Waals surface area contributed by atoms with E-state index in [9.17, 15) is 19.2 Å². The number of hydrogen-bond donors (Lipinski definition) is 4. The van der Waals surface area contributed by atoms with Crippen molar-refractivity contribution < 1.29 is 28.3 Å². The Balaban J connectivity index is 1.65. The molecular weight excluding hydrogens is 452 g/mol. The molecule has 2 aromatic carbocycles. The third-order valence-electron chi connectivity index (χ3n) is 5.05. The number of benzene rings is 2. The van der Waals surface area contributed by atoms with Gasteiger partial charge in [-0.25, -0.2) is 0 Å². The topological polar surface area (TPSA) is 139 Å². The third kappa shape index (κ3) is 6.47. The zero-order chi connectivity index (χ0) is 25.4. The molecule has 3 aromatic rings. The molecule has 1 heterocycles. The maximum absolute atomic E-state index is 13.0. The van der Waals surface area contributed by atoms with Crippen LogP contribution in [0.1, 0.15) is 45.1 Å². The van der Waals surface area contributed by atoms with Crippen molar-refractivity contribution in [2.45, 2.75) is 19.9 Å². The van der Waals surface area contributed by atoms with E-state index in [-0.39, 0.29) is 22.9 Å². The van der Waals surface area contributed by atoms with E-state index in [1.165, 1.54) is 25.5 Å². The fourth-order valence-electron chi connectivity index (χ4n) is 3.15. The predicted octanol–water partition coefficient (Wildman–Crippen LogP) is 2.76. The van der Waals surface area contributed by atoms with E-state index >= 15 is 0 Å². The number of methoxy groups -OCH3 is 1. The van der Waals surface area contributed by atoms with Crippen LogP contribution in [0.5, 0.6) is 5.75 Å². The first-order valence-electron chi connectivity index (χ1n) is 10.8. The van der Waals surface area contributed by atoms with Gasteiger partial charge in [-0.3, -0.25) is 30.0 Å². The number of para-hydroxylation sites is 1. The zero-order valence-electron chi connectivity index (χ0n) is 19.5. The number of carbonyl (C=O) groups excluding carboxylic acids is 4. The molecule has 1 atom stereocenters. The minimum atomic E-state index is -0.965. The van der Waals surface area contributed by atoms with Crippen LogP contribution in [0.15, 0.2) is 71.3 Å². The summed E-state index contributed by atoms with van der Waals surface area (Å²) in [4.78, 5) is 50.4. The minimum Gasteiger partial charge on any atom is -0.497 e. The Morgan fingerprint density at radius 2 is 1.54 bits per heavy atom. The average Bonchev–Trinajstić information content (AvgIpc) is 3.41. The molecule has 4 N–H and O–H groups in total. The number of ether oxygens (including phenoxy) is 1. The molecule has 0 aliphatic heterocycles. The highest BCUT2D eigenvalue weighted by molar-refractivity contribution is 6.08. The van der Waals surface area contributed by atoms with E-state index < -0.39 is 29.7 Å². The molecule has 0 bridgehead atoms. The molecular formula is C25H26N4O6. The van der Waals surface area contributed by atoms with E-state index in [0.29, 0.717) is 11.3 Å². The first-order valence-corrected chi connectivity index (χ1v) is 10.8. The van der Waals surface area contributed by atoms with E-state index in [0.717, 1.165) is 0 Å². The lowest BCUT2D eigenvalue weighted by atomic mass is 10.0. The molecule has 35 heavy (non-hydrogen) atoms. The molecule has 1 aromatic heterocycles. The molecule has 10 heteroatoms. The van der Waals surface area contributed by atoms with E-state index in [1.807, 2.05) is 0 Å².